The number of aliphatic hydroxyl groups is 1. The second-order valence-corrected chi connectivity index (χ2v) is 6.79. The van der Waals surface area contributed by atoms with Crippen molar-refractivity contribution in [2.45, 2.75) is 31.6 Å². The van der Waals surface area contributed by atoms with Crippen LogP contribution < -0.4 is 0 Å². The molecule has 2 atom stereocenters. The molecule has 1 rings (SSSR count). The van der Waals surface area contributed by atoms with Crippen molar-refractivity contribution in [2.75, 3.05) is 26.0 Å². The lowest BCUT2D eigenvalue weighted by molar-refractivity contribution is 0.140. The molecule has 0 bridgehead atoms. The number of sulfone groups is 1. The van der Waals surface area contributed by atoms with Gasteiger partial charge >= 0.3 is 0 Å². The van der Waals surface area contributed by atoms with Crippen molar-refractivity contribution >= 4 is 9.84 Å². The number of hydrogen-bond donors (Lipinski definition) is 1. The molecule has 0 aliphatic carbocycles. The average molecular weight is 235 g/mol. The molecule has 0 radical (unpaired) electrons. The van der Waals surface area contributed by atoms with Crippen molar-refractivity contribution in [3.8, 4) is 0 Å². The Morgan fingerprint density at radius 2 is 2.20 bits per heavy atom. The Morgan fingerprint density at radius 1 is 1.53 bits per heavy atom. The first kappa shape index (κ1) is 12.9. The summed E-state index contributed by atoms with van der Waals surface area (Å²) in [5.74, 6) is 0.452. The predicted octanol–water partition coefficient (Wildman–Crippen LogP) is 0.471. The molecule has 0 saturated carbocycles. The molecule has 2 unspecified atom stereocenters. The highest BCUT2D eigenvalue weighted by Gasteiger charge is 2.28. The van der Waals surface area contributed by atoms with Crippen LogP contribution in [0.15, 0.2) is 0 Å². The molecule has 1 heterocycles. The standard InChI is InChI=1S/C10H21NO3S/c1-9(15(2,13)14)11-6-3-4-10(8-11)5-7-12/h9-10,12H,3-8H2,1-2H3. The van der Waals surface area contributed by atoms with Crippen LogP contribution in [-0.2, 0) is 9.84 Å². The third-order valence-electron chi connectivity index (χ3n) is 3.22. The summed E-state index contributed by atoms with van der Waals surface area (Å²) >= 11 is 0. The molecule has 0 aromatic heterocycles. The molecule has 1 saturated heterocycles. The van der Waals surface area contributed by atoms with E-state index in [-0.39, 0.29) is 12.0 Å². The minimum Gasteiger partial charge on any atom is -0.396 e. The first-order valence-corrected chi connectivity index (χ1v) is 7.44. The fourth-order valence-corrected chi connectivity index (χ4v) is 2.85. The Balaban J connectivity index is 2.56. The van der Waals surface area contributed by atoms with Gasteiger partial charge in [-0.15, -0.1) is 0 Å². The van der Waals surface area contributed by atoms with Gasteiger partial charge in [0.1, 0.15) is 5.37 Å². The minimum absolute atomic E-state index is 0.200. The maximum Gasteiger partial charge on any atom is 0.163 e. The molecule has 0 aromatic rings. The number of likely N-dealkylation sites (tertiary alicyclic amines) is 1. The average Bonchev–Trinajstić information content (AvgIpc) is 2.16. The van der Waals surface area contributed by atoms with Crippen LogP contribution in [0, 0.1) is 5.92 Å². The number of piperidine rings is 1. The van der Waals surface area contributed by atoms with E-state index in [4.69, 9.17) is 5.11 Å². The maximum absolute atomic E-state index is 11.4. The number of nitrogens with zero attached hydrogens (tertiary/aromatic N) is 1. The van der Waals surface area contributed by atoms with Crippen molar-refractivity contribution in [2.24, 2.45) is 5.92 Å². The van der Waals surface area contributed by atoms with Crippen molar-refractivity contribution < 1.29 is 13.5 Å². The van der Waals surface area contributed by atoms with Crippen LogP contribution in [0.1, 0.15) is 26.2 Å². The molecule has 0 aromatic carbocycles. The summed E-state index contributed by atoms with van der Waals surface area (Å²) in [5.41, 5.74) is 0. The minimum atomic E-state index is -2.98. The topological polar surface area (TPSA) is 57.6 Å². The molecule has 15 heavy (non-hydrogen) atoms. The lowest BCUT2D eigenvalue weighted by Gasteiger charge is -2.35. The first-order valence-electron chi connectivity index (χ1n) is 5.49. The smallest absolute Gasteiger partial charge is 0.163 e. The van der Waals surface area contributed by atoms with E-state index in [0.717, 1.165) is 32.4 Å². The molecule has 5 heteroatoms. The summed E-state index contributed by atoms with van der Waals surface area (Å²) in [6.07, 6.45) is 4.21. The molecule has 4 nitrogen and oxygen atoms in total. The normalized spacial score (nSPS) is 26.5. The van der Waals surface area contributed by atoms with Gasteiger partial charge in [0.25, 0.3) is 0 Å². The van der Waals surface area contributed by atoms with Crippen LogP contribution in [0.4, 0.5) is 0 Å². The largest absolute Gasteiger partial charge is 0.396 e. The van der Waals surface area contributed by atoms with Gasteiger partial charge in [-0.3, -0.25) is 4.90 Å². The van der Waals surface area contributed by atoms with Gasteiger partial charge in [0.2, 0.25) is 0 Å². The van der Waals surface area contributed by atoms with Gasteiger partial charge in [0.15, 0.2) is 9.84 Å². The van der Waals surface area contributed by atoms with Crippen LogP contribution in [0.3, 0.4) is 0 Å². The maximum atomic E-state index is 11.4. The Morgan fingerprint density at radius 3 is 2.73 bits per heavy atom. The third-order valence-corrected chi connectivity index (χ3v) is 4.76. The van der Waals surface area contributed by atoms with Crippen LogP contribution in [-0.4, -0.2) is 49.8 Å². The van der Waals surface area contributed by atoms with Gasteiger partial charge in [-0.05, 0) is 38.6 Å². The fraction of sp³-hybridized carbons (Fsp3) is 1.00. The van der Waals surface area contributed by atoms with Crippen molar-refractivity contribution in [1.82, 2.24) is 4.90 Å². The molecular weight excluding hydrogens is 214 g/mol. The second kappa shape index (κ2) is 5.27. The molecule has 90 valence electrons. The number of hydrogen-bond acceptors (Lipinski definition) is 4. The Hall–Kier alpha value is -0.130. The van der Waals surface area contributed by atoms with Gasteiger partial charge in [0.05, 0.1) is 0 Å². The summed E-state index contributed by atoms with van der Waals surface area (Å²) in [4.78, 5) is 2.01. The van der Waals surface area contributed by atoms with Crippen LogP contribution >= 0.6 is 0 Å². The molecule has 1 fully saturated rings. The molecule has 0 spiro atoms. The number of rotatable bonds is 4. The first-order chi connectivity index (χ1) is 6.95. The molecule has 0 amide bonds. The van der Waals surface area contributed by atoms with Gasteiger partial charge in [-0.25, -0.2) is 8.42 Å². The van der Waals surface area contributed by atoms with E-state index in [1.54, 1.807) is 6.92 Å². The Labute approximate surface area is 92.2 Å². The van der Waals surface area contributed by atoms with Crippen molar-refractivity contribution in [3.63, 3.8) is 0 Å². The van der Waals surface area contributed by atoms with E-state index in [1.165, 1.54) is 6.26 Å². The SMILES string of the molecule is CC(N1CCCC(CCO)C1)S(C)(=O)=O. The highest BCUT2D eigenvalue weighted by Crippen LogP contribution is 2.22. The van der Waals surface area contributed by atoms with Gasteiger partial charge in [-0.1, -0.05) is 0 Å². The van der Waals surface area contributed by atoms with Crippen LogP contribution in [0.2, 0.25) is 0 Å². The van der Waals surface area contributed by atoms with E-state index in [0.29, 0.717) is 5.92 Å². The molecule has 1 aliphatic rings. The zero-order chi connectivity index (χ0) is 11.5. The van der Waals surface area contributed by atoms with E-state index < -0.39 is 9.84 Å². The fourth-order valence-electron chi connectivity index (χ4n) is 2.12. The highest BCUT2D eigenvalue weighted by atomic mass is 32.2. The van der Waals surface area contributed by atoms with E-state index in [9.17, 15) is 8.42 Å². The molecule has 1 N–H and O–H groups in total. The Bertz CT molecular complexity index is 287. The lowest BCUT2D eigenvalue weighted by atomic mass is 9.95. The van der Waals surface area contributed by atoms with Gasteiger partial charge in [-0.2, -0.15) is 0 Å². The summed E-state index contributed by atoms with van der Waals surface area (Å²) in [6.45, 7) is 3.60. The third kappa shape index (κ3) is 3.74. The summed E-state index contributed by atoms with van der Waals surface area (Å²) < 4.78 is 22.8. The summed E-state index contributed by atoms with van der Waals surface area (Å²) in [6, 6.07) is 0. The quantitative estimate of drug-likeness (QED) is 0.769. The van der Waals surface area contributed by atoms with Crippen LogP contribution in [0.25, 0.3) is 0 Å². The second-order valence-electron chi connectivity index (χ2n) is 4.44. The molecular formula is C10H21NO3S. The monoisotopic (exact) mass is 235 g/mol. The van der Waals surface area contributed by atoms with E-state index in [1.807, 2.05) is 4.90 Å². The summed E-state index contributed by atoms with van der Waals surface area (Å²) in [5, 5.41) is 8.48. The van der Waals surface area contributed by atoms with Crippen LogP contribution in [0.5, 0.6) is 0 Å². The zero-order valence-electron chi connectivity index (χ0n) is 9.52. The number of aliphatic hydroxyl groups excluding tert-OH is 1. The highest BCUT2D eigenvalue weighted by molar-refractivity contribution is 7.91. The van der Waals surface area contributed by atoms with Gasteiger partial charge < -0.3 is 5.11 Å². The van der Waals surface area contributed by atoms with E-state index in [2.05, 4.69) is 0 Å². The summed E-state index contributed by atoms with van der Waals surface area (Å²) in [7, 11) is -2.98. The lowest BCUT2D eigenvalue weighted by Crippen LogP contribution is -2.44. The predicted molar refractivity (Wildman–Crippen MR) is 60.3 cm³/mol. The van der Waals surface area contributed by atoms with Crippen molar-refractivity contribution in [1.29, 1.82) is 0 Å². The molecule has 1 aliphatic heterocycles. The van der Waals surface area contributed by atoms with Gasteiger partial charge in [0, 0.05) is 19.4 Å². The Kier molecular flexibility index (Phi) is 4.55. The zero-order valence-corrected chi connectivity index (χ0v) is 10.3. The van der Waals surface area contributed by atoms with E-state index >= 15 is 0 Å². The van der Waals surface area contributed by atoms with Crippen molar-refractivity contribution in [3.05, 3.63) is 0 Å².